The van der Waals surface area contributed by atoms with E-state index >= 15 is 0 Å². The molecule has 0 saturated carbocycles. The van der Waals surface area contributed by atoms with Gasteiger partial charge in [-0.2, -0.15) is 0 Å². The van der Waals surface area contributed by atoms with Crippen molar-refractivity contribution < 1.29 is 9.59 Å². The van der Waals surface area contributed by atoms with Crippen molar-refractivity contribution in [2.45, 2.75) is 20.8 Å². The van der Waals surface area contributed by atoms with Crippen LogP contribution >= 0.6 is 0 Å². The normalized spacial score (nSPS) is 14.5. The molecule has 6 nitrogen and oxygen atoms in total. The Morgan fingerprint density at radius 2 is 1.86 bits per heavy atom. The Labute approximate surface area is 166 Å². The molecule has 1 aliphatic rings. The topological polar surface area (TPSA) is 68.4 Å². The maximum atomic E-state index is 12.8. The highest BCUT2D eigenvalue weighted by atomic mass is 16.2. The first-order valence-electron chi connectivity index (χ1n) is 9.74. The van der Waals surface area contributed by atoms with Crippen molar-refractivity contribution in [2.24, 2.45) is 0 Å². The van der Waals surface area contributed by atoms with Crippen molar-refractivity contribution in [1.29, 1.82) is 0 Å². The van der Waals surface area contributed by atoms with Gasteiger partial charge in [-0.25, -0.2) is 0 Å². The van der Waals surface area contributed by atoms with Gasteiger partial charge in [-0.3, -0.25) is 9.59 Å². The van der Waals surface area contributed by atoms with Crippen LogP contribution in [0.4, 0.5) is 5.69 Å². The molecule has 0 aliphatic carbocycles. The minimum absolute atomic E-state index is 0.0452. The van der Waals surface area contributed by atoms with Crippen LogP contribution in [-0.4, -0.2) is 59.8 Å². The van der Waals surface area contributed by atoms with E-state index in [1.807, 2.05) is 50.4 Å². The molecule has 0 unspecified atom stereocenters. The molecule has 28 heavy (non-hydrogen) atoms. The van der Waals surface area contributed by atoms with Crippen molar-refractivity contribution in [1.82, 2.24) is 14.8 Å². The van der Waals surface area contributed by atoms with Crippen LogP contribution in [0.3, 0.4) is 0 Å². The highest BCUT2D eigenvalue weighted by Crippen LogP contribution is 2.33. The summed E-state index contributed by atoms with van der Waals surface area (Å²) >= 11 is 0. The molecular weight excluding hydrogens is 352 g/mol. The number of rotatable bonds is 7. The number of fused-ring (bicyclic) bond motifs is 1. The van der Waals surface area contributed by atoms with E-state index < -0.39 is 0 Å². The summed E-state index contributed by atoms with van der Waals surface area (Å²) in [6, 6.07) is 9.46. The maximum Gasteiger partial charge on any atom is 0.270 e. The average Bonchev–Trinajstić information content (AvgIpc) is 3.22. The lowest BCUT2D eigenvalue weighted by Crippen LogP contribution is -2.36. The Balaban J connectivity index is 1.78. The lowest BCUT2D eigenvalue weighted by molar-refractivity contribution is -0.110. The minimum Gasteiger partial charge on any atom is -0.351 e. The third kappa shape index (κ3) is 4.02. The maximum absolute atomic E-state index is 12.8. The van der Waals surface area contributed by atoms with E-state index in [-0.39, 0.29) is 11.8 Å². The number of para-hydroxylation sites is 1. The molecule has 2 aromatic rings. The first-order chi connectivity index (χ1) is 13.4. The lowest BCUT2D eigenvalue weighted by atomic mass is 10.1. The Morgan fingerprint density at radius 3 is 2.57 bits per heavy atom. The van der Waals surface area contributed by atoms with Gasteiger partial charge in [0.05, 0.1) is 5.57 Å². The number of aryl methyl sites for hydroxylation is 1. The first-order valence-corrected chi connectivity index (χ1v) is 9.74. The van der Waals surface area contributed by atoms with Gasteiger partial charge in [0, 0.05) is 37.1 Å². The van der Waals surface area contributed by atoms with Crippen LogP contribution in [0.5, 0.6) is 0 Å². The molecule has 0 bridgehead atoms. The second-order valence-corrected chi connectivity index (χ2v) is 7.09. The van der Waals surface area contributed by atoms with Crippen LogP contribution in [0.2, 0.25) is 0 Å². The Morgan fingerprint density at radius 1 is 1.14 bits per heavy atom. The van der Waals surface area contributed by atoms with E-state index in [2.05, 4.69) is 29.0 Å². The van der Waals surface area contributed by atoms with Crippen molar-refractivity contribution in [3.05, 3.63) is 52.8 Å². The highest BCUT2D eigenvalue weighted by molar-refractivity contribution is 6.34. The molecule has 2 heterocycles. The molecule has 0 spiro atoms. The molecule has 0 saturated heterocycles. The molecule has 1 aromatic heterocycles. The molecular formula is C22H28N4O2. The molecule has 1 aromatic carbocycles. The third-order valence-electron chi connectivity index (χ3n) is 5.28. The van der Waals surface area contributed by atoms with Crippen LogP contribution in [0.1, 0.15) is 41.2 Å². The van der Waals surface area contributed by atoms with Gasteiger partial charge in [0.25, 0.3) is 11.8 Å². The number of nitrogens with zero attached hydrogens (tertiary/aromatic N) is 2. The predicted molar refractivity (Wildman–Crippen MR) is 113 cm³/mol. The average molecular weight is 380 g/mol. The van der Waals surface area contributed by atoms with Gasteiger partial charge in [0.2, 0.25) is 0 Å². The lowest BCUT2D eigenvalue weighted by Gasteiger charge is -2.22. The van der Waals surface area contributed by atoms with Crippen LogP contribution in [-0.2, 0) is 4.79 Å². The standard InChI is InChI=1S/C22H28N4O2/c1-5-26(6-2)12-11-25(4)22(28)20-13-15(3)19(23-20)14-17-16-9-7-8-10-18(16)24-21(17)27/h7-10,13-14,23H,5-6,11-12H2,1-4H3,(H,24,27). The van der Waals surface area contributed by atoms with Gasteiger partial charge >= 0.3 is 0 Å². The van der Waals surface area contributed by atoms with Gasteiger partial charge in [0.1, 0.15) is 5.69 Å². The summed E-state index contributed by atoms with van der Waals surface area (Å²) in [4.78, 5) is 32.3. The number of H-pyrrole nitrogens is 1. The second kappa shape index (κ2) is 8.44. The largest absolute Gasteiger partial charge is 0.351 e. The number of benzene rings is 1. The molecule has 3 rings (SSSR count). The number of hydrogen-bond acceptors (Lipinski definition) is 3. The smallest absolute Gasteiger partial charge is 0.270 e. The number of amides is 2. The SMILES string of the molecule is CCN(CC)CCN(C)C(=O)c1cc(C)c(C=C2C(=O)Nc3ccccc32)[nH]1. The summed E-state index contributed by atoms with van der Waals surface area (Å²) in [7, 11) is 1.82. The van der Waals surface area contributed by atoms with E-state index in [4.69, 9.17) is 0 Å². The Hall–Kier alpha value is -2.86. The molecule has 6 heteroatoms. The number of carbonyl (C=O) groups is 2. The summed E-state index contributed by atoms with van der Waals surface area (Å²) < 4.78 is 0. The minimum atomic E-state index is -0.126. The zero-order chi connectivity index (χ0) is 20.3. The summed E-state index contributed by atoms with van der Waals surface area (Å²) in [5.41, 5.74) is 4.56. The zero-order valence-corrected chi connectivity index (χ0v) is 17.0. The van der Waals surface area contributed by atoms with Crippen molar-refractivity contribution in [3.8, 4) is 0 Å². The third-order valence-corrected chi connectivity index (χ3v) is 5.28. The summed E-state index contributed by atoms with van der Waals surface area (Å²) in [5.74, 6) is -0.171. The highest BCUT2D eigenvalue weighted by Gasteiger charge is 2.24. The number of aromatic amines is 1. The van der Waals surface area contributed by atoms with E-state index in [1.54, 1.807) is 4.90 Å². The first kappa shape index (κ1) is 19.9. The van der Waals surface area contributed by atoms with Crippen molar-refractivity contribution >= 4 is 29.2 Å². The Bertz CT molecular complexity index is 909. The number of anilines is 1. The molecule has 0 radical (unpaired) electrons. The number of likely N-dealkylation sites (N-methyl/N-ethyl adjacent to an activating group) is 2. The molecule has 148 valence electrons. The molecule has 2 N–H and O–H groups in total. The van der Waals surface area contributed by atoms with Crippen LogP contribution < -0.4 is 5.32 Å². The fourth-order valence-corrected chi connectivity index (χ4v) is 3.40. The monoisotopic (exact) mass is 380 g/mol. The van der Waals surface area contributed by atoms with E-state index in [1.165, 1.54) is 0 Å². The summed E-state index contributed by atoms with van der Waals surface area (Å²) in [6.45, 7) is 9.65. The van der Waals surface area contributed by atoms with Gasteiger partial charge in [0.15, 0.2) is 0 Å². The van der Waals surface area contributed by atoms with Crippen molar-refractivity contribution in [3.63, 3.8) is 0 Å². The van der Waals surface area contributed by atoms with Crippen molar-refractivity contribution in [2.75, 3.05) is 38.5 Å². The Kier molecular flexibility index (Phi) is 5.99. The quantitative estimate of drug-likeness (QED) is 0.725. The van der Waals surface area contributed by atoms with Gasteiger partial charge in [-0.15, -0.1) is 0 Å². The fraction of sp³-hybridized carbons (Fsp3) is 0.364. The van der Waals surface area contributed by atoms with Crippen LogP contribution in [0.25, 0.3) is 11.6 Å². The number of nitrogens with one attached hydrogen (secondary N) is 2. The van der Waals surface area contributed by atoms with Gasteiger partial charge < -0.3 is 20.1 Å². The molecule has 0 fully saturated rings. The van der Waals surface area contributed by atoms with E-state index in [9.17, 15) is 9.59 Å². The van der Waals surface area contributed by atoms with Gasteiger partial charge in [-0.1, -0.05) is 32.0 Å². The van der Waals surface area contributed by atoms with Crippen LogP contribution in [0.15, 0.2) is 30.3 Å². The van der Waals surface area contributed by atoms with Gasteiger partial charge in [-0.05, 0) is 43.8 Å². The summed E-state index contributed by atoms with van der Waals surface area (Å²) in [5, 5.41) is 2.87. The number of aromatic nitrogens is 1. The van der Waals surface area contributed by atoms with E-state index in [0.29, 0.717) is 17.8 Å². The van der Waals surface area contributed by atoms with E-state index in [0.717, 1.165) is 42.1 Å². The fourth-order valence-electron chi connectivity index (χ4n) is 3.40. The molecule has 2 amide bonds. The molecule has 1 aliphatic heterocycles. The second-order valence-electron chi connectivity index (χ2n) is 7.09. The predicted octanol–water partition coefficient (Wildman–Crippen LogP) is 3.23. The zero-order valence-electron chi connectivity index (χ0n) is 17.0. The number of carbonyl (C=O) groups excluding carboxylic acids is 2. The number of hydrogen-bond donors (Lipinski definition) is 2. The summed E-state index contributed by atoms with van der Waals surface area (Å²) in [6.07, 6.45) is 1.82. The van der Waals surface area contributed by atoms with Crippen LogP contribution in [0, 0.1) is 6.92 Å². The molecule has 0 atom stereocenters.